The van der Waals surface area contributed by atoms with Crippen molar-refractivity contribution in [2.75, 3.05) is 0 Å². The molecule has 0 unspecified atom stereocenters. The molecule has 0 aliphatic heterocycles. The van der Waals surface area contributed by atoms with E-state index in [2.05, 4.69) is 48.3 Å². The number of para-hydroxylation sites is 1. The molecule has 0 fully saturated rings. The Hall–Kier alpha value is -2.14. The summed E-state index contributed by atoms with van der Waals surface area (Å²) in [5.41, 5.74) is 0.925. The van der Waals surface area contributed by atoms with E-state index in [0.717, 1.165) is 29.1 Å². The fourth-order valence-electron chi connectivity index (χ4n) is 2.48. The molecule has 116 valence electrons. The van der Waals surface area contributed by atoms with Crippen LogP contribution in [0.5, 0.6) is 0 Å². The average molecular weight is 298 g/mol. The zero-order valence-corrected chi connectivity index (χ0v) is 13.3. The number of rotatable bonds is 6. The van der Waals surface area contributed by atoms with Gasteiger partial charge in [0.1, 0.15) is 23.5 Å². The fraction of sp³-hybridized carbons (Fsp3) is 0.412. The monoisotopic (exact) mass is 298 g/mol. The molecule has 0 spiro atoms. The lowest BCUT2D eigenvalue weighted by atomic mass is 10.2. The highest BCUT2D eigenvalue weighted by atomic mass is 16.3. The smallest absolute Gasteiger partial charge is 0.140 e. The van der Waals surface area contributed by atoms with Crippen LogP contribution in [-0.2, 0) is 13.1 Å². The van der Waals surface area contributed by atoms with E-state index >= 15 is 0 Å². The van der Waals surface area contributed by atoms with Crippen LogP contribution in [0, 0.1) is 5.92 Å². The Balaban J connectivity index is 1.67. The summed E-state index contributed by atoms with van der Waals surface area (Å²) in [5.74, 6) is 2.45. The first-order chi connectivity index (χ1) is 10.6. The van der Waals surface area contributed by atoms with Crippen LogP contribution >= 0.6 is 0 Å². The maximum atomic E-state index is 5.89. The highest BCUT2D eigenvalue weighted by Crippen LogP contribution is 2.23. The Morgan fingerprint density at radius 2 is 2.05 bits per heavy atom. The summed E-state index contributed by atoms with van der Waals surface area (Å²) in [6.45, 7) is 8.01. The first kappa shape index (κ1) is 14.8. The molecule has 0 amide bonds. The Morgan fingerprint density at radius 1 is 1.23 bits per heavy atom. The van der Waals surface area contributed by atoms with E-state index in [0.29, 0.717) is 12.5 Å². The molecule has 3 aromatic rings. The number of aromatic nitrogens is 3. The fourth-order valence-corrected chi connectivity index (χ4v) is 2.48. The lowest BCUT2D eigenvalue weighted by Gasteiger charge is -2.12. The van der Waals surface area contributed by atoms with Gasteiger partial charge in [0.2, 0.25) is 0 Å². The van der Waals surface area contributed by atoms with E-state index in [-0.39, 0.29) is 6.04 Å². The molecule has 1 atom stereocenters. The predicted molar refractivity (Wildman–Crippen MR) is 86.3 cm³/mol. The van der Waals surface area contributed by atoms with Gasteiger partial charge in [-0.25, -0.2) is 9.67 Å². The topological polar surface area (TPSA) is 55.9 Å². The van der Waals surface area contributed by atoms with Gasteiger partial charge in [0.25, 0.3) is 0 Å². The van der Waals surface area contributed by atoms with Crippen LogP contribution in [0.2, 0.25) is 0 Å². The van der Waals surface area contributed by atoms with Crippen LogP contribution in [0.15, 0.2) is 41.1 Å². The number of hydrogen-bond acceptors (Lipinski definition) is 4. The molecule has 3 rings (SSSR count). The predicted octanol–water partition coefficient (Wildman–Crippen LogP) is 3.53. The van der Waals surface area contributed by atoms with Crippen LogP contribution in [0.3, 0.4) is 0 Å². The molecule has 2 aromatic heterocycles. The molecule has 0 radical (unpaired) electrons. The van der Waals surface area contributed by atoms with Crippen molar-refractivity contribution in [3.05, 3.63) is 48.2 Å². The van der Waals surface area contributed by atoms with Crippen LogP contribution < -0.4 is 5.32 Å². The molecule has 0 saturated heterocycles. The van der Waals surface area contributed by atoms with Crippen molar-refractivity contribution >= 4 is 11.0 Å². The number of nitrogens with zero attached hydrogens (tertiary/aromatic N) is 3. The normalized spacial score (nSPS) is 13.1. The highest BCUT2D eigenvalue weighted by molar-refractivity contribution is 5.77. The largest absolute Gasteiger partial charge is 0.459 e. The molecule has 5 heteroatoms. The van der Waals surface area contributed by atoms with Gasteiger partial charge in [0.05, 0.1) is 12.6 Å². The van der Waals surface area contributed by atoms with Gasteiger partial charge < -0.3 is 9.73 Å². The second-order valence-corrected chi connectivity index (χ2v) is 6.04. The number of nitrogens with one attached hydrogen (secondary N) is 1. The molecular weight excluding hydrogens is 276 g/mol. The van der Waals surface area contributed by atoms with Crippen molar-refractivity contribution in [1.82, 2.24) is 20.1 Å². The minimum atomic E-state index is 0.122. The maximum Gasteiger partial charge on any atom is 0.140 e. The summed E-state index contributed by atoms with van der Waals surface area (Å²) in [5, 5.41) is 8.88. The summed E-state index contributed by atoms with van der Waals surface area (Å²) < 4.78 is 7.85. The third-order valence-electron chi connectivity index (χ3n) is 3.67. The van der Waals surface area contributed by atoms with Gasteiger partial charge in [-0.15, -0.1) is 0 Å². The highest BCUT2D eigenvalue weighted by Gasteiger charge is 2.13. The van der Waals surface area contributed by atoms with Crippen molar-refractivity contribution in [1.29, 1.82) is 0 Å². The molecule has 0 bridgehead atoms. The van der Waals surface area contributed by atoms with Crippen LogP contribution in [0.1, 0.15) is 38.4 Å². The van der Waals surface area contributed by atoms with Crippen molar-refractivity contribution in [3.63, 3.8) is 0 Å². The van der Waals surface area contributed by atoms with Gasteiger partial charge in [-0.1, -0.05) is 32.0 Å². The minimum Gasteiger partial charge on any atom is -0.459 e. The zero-order valence-electron chi connectivity index (χ0n) is 13.3. The third-order valence-corrected chi connectivity index (χ3v) is 3.67. The van der Waals surface area contributed by atoms with Gasteiger partial charge in [-0.05, 0) is 25.0 Å². The summed E-state index contributed by atoms with van der Waals surface area (Å²) in [4.78, 5) is 4.34. The summed E-state index contributed by atoms with van der Waals surface area (Å²) in [7, 11) is 0. The molecule has 5 nitrogen and oxygen atoms in total. The lowest BCUT2D eigenvalue weighted by molar-refractivity contribution is 0.423. The standard InChI is InChI=1S/C17H22N4O/c1-12(2)10-21-17(19-11-20-21)9-18-13(3)16-8-14-6-4-5-7-15(14)22-16/h4-8,11-13,18H,9-10H2,1-3H3/t13-/m0/s1. The Labute approximate surface area is 130 Å². The van der Waals surface area contributed by atoms with Gasteiger partial charge in [0, 0.05) is 11.9 Å². The van der Waals surface area contributed by atoms with Crippen LogP contribution in [-0.4, -0.2) is 14.8 Å². The van der Waals surface area contributed by atoms with Gasteiger partial charge in [-0.2, -0.15) is 5.10 Å². The molecule has 22 heavy (non-hydrogen) atoms. The van der Waals surface area contributed by atoms with Crippen molar-refractivity contribution in [3.8, 4) is 0 Å². The molecule has 0 aliphatic rings. The molecule has 1 N–H and O–H groups in total. The number of fused-ring (bicyclic) bond motifs is 1. The van der Waals surface area contributed by atoms with E-state index in [1.807, 2.05) is 22.9 Å². The lowest BCUT2D eigenvalue weighted by Crippen LogP contribution is -2.21. The van der Waals surface area contributed by atoms with Gasteiger partial charge >= 0.3 is 0 Å². The van der Waals surface area contributed by atoms with Crippen molar-refractivity contribution in [2.24, 2.45) is 5.92 Å². The summed E-state index contributed by atoms with van der Waals surface area (Å²) in [6.07, 6.45) is 1.62. The molecular formula is C17H22N4O. The van der Waals surface area contributed by atoms with Crippen LogP contribution in [0.4, 0.5) is 0 Å². The molecule has 0 saturated carbocycles. The SMILES string of the molecule is CC(C)Cn1ncnc1CN[C@@H](C)c1cc2ccccc2o1. The Morgan fingerprint density at radius 3 is 2.82 bits per heavy atom. The second-order valence-electron chi connectivity index (χ2n) is 6.04. The Bertz CT molecular complexity index is 711. The van der Waals surface area contributed by atoms with E-state index in [1.165, 1.54) is 0 Å². The first-order valence-electron chi connectivity index (χ1n) is 7.72. The molecule has 1 aromatic carbocycles. The van der Waals surface area contributed by atoms with Crippen molar-refractivity contribution < 1.29 is 4.42 Å². The third kappa shape index (κ3) is 3.20. The quantitative estimate of drug-likeness (QED) is 0.756. The van der Waals surface area contributed by atoms with E-state index in [1.54, 1.807) is 6.33 Å². The molecule has 0 aliphatic carbocycles. The van der Waals surface area contributed by atoms with E-state index in [4.69, 9.17) is 4.42 Å². The maximum absolute atomic E-state index is 5.89. The number of furan rings is 1. The minimum absolute atomic E-state index is 0.122. The first-order valence-corrected chi connectivity index (χ1v) is 7.72. The second kappa shape index (κ2) is 6.32. The molecule has 2 heterocycles. The summed E-state index contributed by atoms with van der Waals surface area (Å²) in [6, 6.07) is 10.3. The zero-order chi connectivity index (χ0) is 15.5. The summed E-state index contributed by atoms with van der Waals surface area (Å²) >= 11 is 0. The van der Waals surface area contributed by atoms with E-state index < -0.39 is 0 Å². The van der Waals surface area contributed by atoms with Crippen LogP contribution in [0.25, 0.3) is 11.0 Å². The Kier molecular flexibility index (Phi) is 4.24. The van der Waals surface area contributed by atoms with Gasteiger partial charge in [0.15, 0.2) is 0 Å². The van der Waals surface area contributed by atoms with E-state index in [9.17, 15) is 0 Å². The average Bonchev–Trinajstić information content (AvgIpc) is 3.10. The van der Waals surface area contributed by atoms with Gasteiger partial charge in [-0.3, -0.25) is 0 Å². The number of hydrogen-bond donors (Lipinski definition) is 1. The number of benzene rings is 1. The van der Waals surface area contributed by atoms with Crippen molar-refractivity contribution in [2.45, 2.75) is 39.9 Å².